The molecule has 0 radical (unpaired) electrons. The maximum atomic E-state index is 13.3. The van der Waals surface area contributed by atoms with Crippen LogP contribution in [0.1, 0.15) is 43.7 Å². The van der Waals surface area contributed by atoms with Crippen molar-refractivity contribution in [1.29, 1.82) is 0 Å². The van der Waals surface area contributed by atoms with Crippen LogP contribution >= 0.6 is 0 Å². The second kappa shape index (κ2) is 8.06. The monoisotopic (exact) mass is 438 g/mol. The van der Waals surface area contributed by atoms with Crippen LogP contribution in [0.5, 0.6) is 0 Å². The van der Waals surface area contributed by atoms with E-state index in [9.17, 15) is 13.2 Å². The number of hydrogen-bond donors (Lipinski definition) is 0. The molecule has 1 aliphatic carbocycles. The van der Waals surface area contributed by atoms with E-state index in [0.717, 1.165) is 49.8 Å². The van der Waals surface area contributed by atoms with Gasteiger partial charge in [0.2, 0.25) is 15.9 Å². The van der Waals surface area contributed by atoms with Crippen molar-refractivity contribution in [3.05, 3.63) is 59.7 Å². The quantitative estimate of drug-likeness (QED) is 0.709. The van der Waals surface area contributed by atoms with Gasteiger partial charge in [0.15, 0.2) is 0 Å². The molecule has 2 aromatic carbocycles. The van der Waals surface area contributed by atoms with Gasteiger partial charge in [0, 0.05) is 30.7 Å². The molecule has 6 heteroatoms. The van der Waals surface area contributed by atoms with E-state index in [1.54, 1.807) is 16.4 Å². The number of sulfonamides is 1. The smallest absolute Gasteiger partial charge is 0.243 e. The highest BCUT2D eigenvalue weighted by molar-refractivity contribution is 7.89. The molecule has 0 bridgehead atoms. The van der Waals surface area contributed by atoms with Gasteiger partial charge in [-0.2, -0.15) is 4.31 Å². The Hall–Kier alpha value is -2.18. The molecular weight excluding hydrogens is 408 g/mol. The Morgan fingerprint density at radius 1 is 1.00 bits per heavy atom. The molecule has 0 N–H and O–H groups in total. The van der Waals surface area contributed by atoms with Crippen LogP contribution in [0.2, 0.25) is 0 Å². The summed E-state index contributed by atoms with van der Waals surface area (Å²) in [4.78, 5) is 14.9. The van der Waals surface area contributed by atoms with Gasteiger partial charge in [0.05, 0.1) is 4.90 Å². The third-order valence-corrected chi connectivity index (χ3v) is 8.90. The SMILES string of the molecule is CC1Cc2cc(S(=O)(=O)N3CCC(Cc4ccccc4)CC3)ccc2N1C(=O)C1CC1. The molecule has 3 aliphatic rings. The van der Waals surface area contributed by atoms with Crippen molar-refractivity contribution in [1.82, 2.24) is 4.31 Å². The first kappa shape index (κ1) is 20.7. The number of piperidine rings is 1. The average Bonchev–Trinajstić information content (AvgIpc) is 3.56. The van der Waals surface area contributed by atoms with Crippen molar-refractivity contribution in [2.24, 2.45) is 11.8 Å². The zero-order chi connectivity index (χ0) is 21.6. The molecule has 5 nitrogen and oxygen atoms in total. The first-order chi connectivity index (χ1) is 14.9. The molecule has 2 aliphatic heterocycles. The third kappa shape index (κ3) is 4.03. The first-order valence-electron chi connectivity index (χ1n) is 11.4. The number of rotatable bonds is 5. The fourth-order valence-corrected chi connectivity index (χ4v) is 6.60. The number of benzene rings is 2. The topological polar surface area (TPSA) is 57.7 Å². The lowest BCUT2D eigenvalue weighted by Crippen LogP contribution is -2.39. The van der Waals surface area contributed by atoms with Gasteiger partial charge in [0.1, 0.15) is 0 Å². The molecule has 2 heterocycles. The Morgan fingerprint density at radius 3 is 2.39 bits per heavy atom. The molecule has 1 saturated carbocycles. The van der Waals surface area contributed by atoms with Crippen LogP contribution in [0, 0.1) is 11.8 Å². The summed E-state index contributed by atoms with van der Waals surface area (Å²) >= 11 is 0. The largest absolute Gasteiger partial charge is 0.309 e. The molecule has 1 saturated heterocycles. The van der Waals surface area contributed by atoms with E-state index in [4.69, 9.17) is 0 Å². The van der Waals surface area contributed by atoms with Crippen molar-refractivity contribution in [2.75, 3.05) is 18.0 Å². The number of hydrogen-bond acceptors (Lipinski definition) is 3. The summed E-state index contributed by atoms with van der Waals surface area (Å²) in [7, 11) is -3.51. The van der Waals surface area contributed by atoms with Gasteiger partial charge < -0.3 is 4.90 Å². The minimum atomic E-state index is -3.51. The summed E-state index contributed by atoms with van der Waals surface area (Å²) in [5, 5.41) is 0. The molecule has 2 aromatic rings. The van der Waals surface area contributed by atoms with Crippen molar-refractivity contribution < 1.29 is 13.2 Å². The first-order valence-corrected chi connectivity index (χ1v) is 12.9. The normalized spacial score (nSPS) is 22.5. The highest BCUT2D eigenvalue weighted by atomic mass is 32.2. The third-order valence-electron chi connectivity index (χ3n) is 7.01. The van der Waals surface area contributed by atoms with Crippen LogP contribution in [0.25, 0.3) is 0 Å². The number of carbonyl (C=O) groups is 1. The van der Waals surface area contributed by atoms with E-state index in [-0.39, 0.29) is 17.9 Å². The van der Waals surface area contributed by atoms with Crippen molar-refractivity contribution in [2.45, 2.75) is 56.4 Å². The summed E-state index contributed by atoms with van der Waals surface area (Å²) in [6, 6.07) is 15.9. The summed E-state index contributed by atoms with van der Waals surface area (Å²) < 4.78 is 28.3. The van der Waals surface area contributed by atoms with Crippen LogP contribution in [0.15, 0.2) is 53.4 Å². The lowest BCUT2D eigenvalue weighted by atomic mass is 9.91. The number of amides is 1. The van der Waals surface area contributed by atoms with Crippen molar-refractivity contribution >= 4 is 21.6 Å². The van der Waals surface area contributed by atoms with Gasteiger partial charge in [0.25, 0.3) is 0 Å². The summed E-state index contributed by atoms with van der Waals surface area (Å²) in [6.07, 6.45) is 5.46. The van der Waals surface area contributed by atoms with Crippen LogP contribution in [0.3, 0.4) is 0 Å². The van der Waals surface area contributed by atoms with Crippen LogP contribution in [0.4, 0.5) is 5.69 Å². The van der Waals surface area contributed by atoms with Crippen LogP contribution < -0.4 is 4.90 Å². The Balaban J connectivity index is 1.28. The molecular formula is C25H30N2O3S. The van der Waals surface area contributed by atoms with Crippen molar-refractivity contribution in [3.8, 4) is 0 Å². The maximum absolute atomic E-state index is 13.3. The molecule has 1 atom stereocenters. The van der Waals surface area contributed by atoms with Gasteiger partial charge in [-0.05, 0) is 80.7 Å². The maximum Gasteiger partial charge on any atom is 0.243 e. The van der Waals surface area contributed by atoms with E-state index >= 15 is 0 Å². The Bertz CT molecular complexity index is 1070. The predicted octanol–water partition coefficient (Wildman–Crippen LogP) is 4.02. The Labute approximate surface area is 185 Å². The molecule has 1 unspecified atom stereocenters. The molecule has 0 spiro atoms. The van der Waals surface area contributed by atoms with E-state index in [1.165, 1.54) is 5.56 Å². The van der Waals surface area contributed by atoms with Gasteiger partial charge in [-0.25, -0.2) is 8.42 Å². The minimum absolute atomic E-state index is 0.0924. The van der Waals surface area contributed by atoms with Crippen molar-refractivity contribution in [3.63, 3.8) is 0 Å². The number of anilines is 1. The molecule has 31 heavy (non-hydrogen) atoms. The van der Waals surface area contributed by atoms with Gasteiger partial charge in [-0.3, -0.25) is 4.79 Å². The number of nitrogens with zero attached hydrogens (tertiary/aromatic N) is 2. The molecule has 164 valence electrons. The van der Waals surface area contributed by atoms with E-state index < -0.39 is 10.0 Å². The van der Waals surface area contributed by atoms with Crippen LogP contribution in [-0.2, 0) is 27.7 Å². The second-order valence-electron chi connectivity index (χ2n) is 9.36. The lowest BCUT2D eigenvalue weighted by Gasteiger charge is -2.31. The van der Waals surface area contributed by atoms with Crippen LogP contribution in [-0.4, -0.2) is 37.8 Å². The fraction of sp³-hybridized carbons (Fsp3) is 0.480. The summed E-state index contributed by atoms with van der Waals surface area (Å²) in [5.74, 6) is 0.882. The highest BCUT2D eigenvalue weighted by Crippen LogP contribution is 2.40. The standard InChI is InChI=1S/C25H30N2O3S/c1-18-15-22-17-23(9-10-24(22)27(18)25(28)21-7-8-21)31(29,30)26-13-11-20(12-14-26)16-19-5-3-2-4-6-19/h2-6,9-10,17-18,20-21H,7-8,11-16H2,1H3. The fourth-order valence-electron chi connectivity index (χ4n) is 5.08. The Morgan fingerprint density at radius 2 is 1.71 bits per heavy atom. The average molecular weight is 439 g/mol. The highest BCUT2D eigenvalue weighted by Gasteiger charge is 2.40. The molecule has 5 rings (SSSR count). The summed E-state index contributed by atoms with van der Waals surface area (Å²) in [5.41, 5.74) is 3.19. The number of fused-ring (bicyclic) bond motifs is 1. The van der Waals surface area contributed by atoms with Gasteiger partial charge in [-0.15, -0.1) is 0 Å². The van der Waals surface area contributed by atoms with E-state index in [0.29, 0.717) is 23.9 Å². The van der Waals surface area contributed by atoms with E-state index in [1.807, 2.05) is 24.0 Å². The zero-order valence-corrected chi connectivity index (χ0v) is 18.9. The van der Waals surface area contributed by atoms with E-state index in [2.05, 4.69) is 24.3 Å². The van der Waals surface area contributed by atoms with Gasteiger partial charge >= 0.3 is 0 Å². The molecule has 1 amide bonds. The lowest BCUT2D eigenvalue weighted by molar-refractivity contribution is -0.120. The summed E-state index contributed by atoms with van der Waals surface area (Å²) in [6.45, 7) is 3.19. The predicted molar refractivity (Wildman–Crippen MR) is 121 cm³/mol. The van der Waals surface area contributed by atoms with Gasteiger partial charge in [-0.1, -0.05) is 30.3 Å². The molecule has 2 fully saturated rings. The molecule has 0 aromatic heterocycles. The zero-order valence-electron chi connectivity index (χ0n) is 18.0. The second-order valence-corrected chi connectivity index (χ2v) is 11.3. The minimum Gasteiger partial charge on any atom is -0.309 e. The Kier molecular flexibility index (Phi) is 5.39. The number of carbonyl (C=O) groups excluding carboxylic acids is 1.